The third-order valence-corrected chi connectivity index (χ3v) is 4.45. The molecule has 0 radical (unpaired) electrons. The van der Waals surface area contributed by atoms with Gasteiger partial charge in [-0.2, -0.15) is 0 Å². The Hall–Kier alpha value is -3.91. The maximum Gasteiger partial charge on any atom is 0.340 e. The Morgan fingerprint density at radius 3 is 2.26 bits per heavy atom. The van der Waals surface area contributed by atoms with Crippen molar-refractivity contribution in [2.75, 3.05) is 5.32 Å². The van der Waals surface area contributed by atoms with Gasteiger partial charge in [0, 0.05) is 17.8 Å². The average Bonchev–Trinajstić information content (AvgIpc) is 2.75. The first-order valence-corrected chi connectivity index (χ1v) is 9.50. The first-order valence-electron chi connectivity index (χ1n) is 9.12. The highest BCUT2D eigenvalue weighted by atomic mass is 35.5. The van der Waals surface area contributed by atoms with Crippen LogP contribution < -0.4 is 10.1 Å². The molecular formula is C22H17ClN2O6. The van der Waals surface area contributed by atoms with Crippen molar-refractivity contribution in [1.29, 1.82) is 0 Å². The van der Waals surface area contributed by atoms with Gasteiger partial charge in [0.1, 0.15) is 11.5 Å². The lowest BCUT2D eigenvalue weighted by Gasteiger charge is -2.14. The molecule has 0 heterocycles. The van der Waals surface area contributed by atoms with E-state index in [4.69, 9.17) is 21.1 Å². The van der Waals surface area contributed by atoms with Crippen LogP contribution in [-0.4, -0.2) is 22.9 Å². The second kappa shape index (κ2) is 9.73. The highest BCUT2D eigenvalue weighted by Crippen LogP contribution is 2.24. The van der Waals surface area contributed by atoms with E-state index in [9.17, 15) is 19.7 Å². The molecule has 0 aliphatic heterocycles. The number of nitrogens with one attached hydrogen (secondary N) is 1. The maximum absolute atomic E-state index is 12.3. The van der Waals surface area contributed by atoms with E-state index in [1.54, 1.807) is 24.3 Å². The normalized spacial score (nSPS) is 11.3. The predicted octanol–water partition coefficient (Wildman–Crippen LogP) is 5.22. The number of non-ortho nitro benzene ring substituents is 1. The summed E-state index contributed by atoms with van der Waals surface area (Å²) in [7, 11) is 0. The summed E-state index contributed by atoms with van der Waals surface area (Å²) in [6.45, 7) is 1.40. The highest BCUT2D eigenvalue weighted by Gasteiger charge is 2.22. The molecule has 1 atom stereocenters. The minimum absolute atomic E-state index is 0.0747. The molecule has 1 unspecified atom stereocenters. The smallest absolute Gasteiger partial charge is 0.340 e. The van der Waals surface area contributed by atoms with Gasteiger partial charge in [-0.3, -0.25) is 14.9 Å². The van der Waals surface area contributed by atoms with E-state index < -0.39 is 22.9 Å². The van der Waals surface area contributed by atoms with Crippen LogP contribution in [0.5, 0.6) is 11.5 Å². The van der Waals surface area contributed by atoms with E-state index in [-0.39, 0.29) is 16.3 Å². The molecule has 1 amide bonds. The molecule has 3 aromatic carbocycles. The topological polar surface area (TPSA) is 108 Å². The van der Waals surface area contributed by atoms with Crippen molar-refractivity contribution in [2.24, 2.45) is 0 Å². The van der Waals surface area contributed by atoms with Gasteiger partial charge < -0.3 is 14.8 Å². The van der Waals surface area contributed by atoms with Crippen LogP contribution in [-0.2, 0) is 9.53 Å². The fourth-order valence-corrected chi connectivity index (χ4v) is 2.79. The van der Waals surface area contributed by atoms with E-state index in [2.05, 4.69) is 5.32 Å². The van der Waals surface area contributed by atoms with Gasteiger partial charge in [0.05, 0.1) is 15.5 Å². The van der Waals surface area contributed by atoms with Crippen molar-refractivity contribution in [2.45, 2.75) is 13.0 Å². The molecule has 1 N–H and O–H groups in total. The van der Waals surface area contributed by atoms with Crippen LogP contribution in [0.1, 0.15) is 17.3 Å². The third-order valence-electron chi connectivity index (χ3n) is 4.14. The molecule has 0 aliphatic carbocycles. The molecule has 0 aliphatic rings. The molecule has 0 saturated heterocycles. The van der Waals surface area contributed by atoms with Crippen molar-refractivity contribution in [1.82, 2.24) is 0 Å². The minimum Gasteiger partial charge on any atom is -0.457 e. The van der Waals surface area contributed by atoms with Crippen LogP contribution in [0, 0.1) is 10.1 Å². The first kappa shape index (κ1) is 21.8. The molecule has 31 heavy (non-hydrogen) atoms. The van der Waals surface area contributed by atoms with Gasteiger partial charge in [-0.15, -0.1) is 0 Å². The lowest BCUT2D eigenvalue weighted by atomic mass is 10.2. The van der Waals surface area contributed by atoms with E-state index in [0.717, 1.165) is 12.1 Å². The standard InChI is InChI=1S/C22H17ClN2O6/c1-14(30-22(27)19-12-9-16(25(28)29)13-20(19)23)21(26)24-15-7-10-18(11-8-15)31-17-5-3-2-4-6-17/h2-14H,1H3,(H,24,26). The van der Waals surface area contributed by atoms with Crippen molar-refractivity contribution in [3.63, 3.8) is 0 Å². The number of anilines is 1. The summed E-state index contributed by atoms with van der Waals surface area (Å²) < 4.78 is 10.8. The van der Waals surface area contributed by atoms with Gasteiger partial charge >= 0.3 is 5.97 Å². The fourth-order valence-electron chi connectivity index (χ4n) is 2.54. The number of carbonyl (C=O) groups excluding carboxylic acids is 2. The molecule has 0 fully saturated rings. The van der Waals surface area contributed by atoms with E-state index in [1.807, 2.05) is 30.3 Å². The first-order chi connectivity index (χ1) is 14.8. The number of hydrogen-bond acceptors (Lipinski definition) is 6. The molecule has 158 valence electrons. The number of nitro groups is 1. The second-order valence-electron chi connectivity index (χ2n) is 6.40. The van der Waals surface area contributed by atoms with Crippen LogP contribution in [0.15, 0.2) is 72.8 Å². The number of esters is 1. The number of ether oxygens (including phenoxy) is 2. The Morgan fingerprint density at radius 1 is 1.00 bits per heavy atom. The Kier molecular flexibility index (Phi) is 6.84. The Morgan fingerprint density at radius 2 is 1.65 bits per heavy atom. The lowest BCUT2D eigenvalue weighted by Crippen LogP contribution is -2.30. The summed E-state index contributed by atoms with van der Waals surface area (Å²) in [6, 6.07) is 19.3. The highest BCUT2D eigenvalue weighted by molar-refractivity contribution is 6.33. The Balaban J connectivity index is 1.57. The second-order valence-corrected chi connectivity index (χ2v) is 6.80. The Bertz CT molecular complexity index is 1100. The van der Waals surface area contributed by atoms with E-state index in [1.165, 1.54) is 13.0 Å². The summed E-state index contributed by atoms with van der Waals surface area (Å²) in [5.74, 6) is -0.140. The summed E-state index contributed by atoms with van der Waals surface area (Å²) in [5, 5.41) is 13.3. The van der Waals surface area contributed by atoms with Crippen LogP contribution in [0.4, 0.5) is 11.4 Å². The fraction of sp³-hybridized carbons (Fsp3) is 0.0909. The summed E-state index contributed by atoms with van der Waals surface area (Å²) in [6.07, 6.45) is -1.13. The third kappa shape index (κ3) is 5.80. The van der Waals surface area contributed by atoms with Crippen LogP contribution >= 0.6 is 11.6 Å². The summed E-state index contributed by atoms with van der Waals surface area (Å²) >= 11 is 5.92. The molecule has 0 aromatic heterocycles. The summed E-state index contributed by atoms with van der Waals surface area (Å²) in [5.41, 5.74) is 0.156. The Labute approximate surface area is 182 Å². The SMILES string of the molecule is CC(OC(=O)c1ccc([N+](=O)[O-])cc1Cl)C(=O)Nc1ccc(Oc2ccccc2)cc1. The van der Waals surface area contributed by atoms with Crippen molar-refractivity contribution in [3.05, 3.63) is 93.5 Å². The van der Waals surface area contributed by atoms with Gasteiger partial charge in [0.25, 0.3) is 11.6 Å². The molecule has 3 aromatic rings. The number of nitro benzene ring substituents is 1. The number of halogens is 1. The zero-order valence-electron chi connectivity index (χ0n) is 16.3. The van der Waals surface area contributed by atoms with Crippen LogP contribution in [0.3, 0.4) is 0 Å². The largest absolute Gasteiger partial charge is 0.457 e. The maximum atomic E-state index is 12.3. The van der Waals surface area contributed by atoms with Gasteiger partial charge in [0.15, 0.2) is 6.10 Å². The molecular weight excluding hydrogens is 424 g/mol. The van der Waals surface area contributed by atoms with E-state index in [0.29, 0.717) is 17.2 Å². The molecule has 8 nitrogen and oxygen atoms in total. The van der Waals surface area contributed by atoms with Crippen LogP contribution in [0.2, 0.25) is 5.02 Å². The van der Waals surface area contributed by atoms with E-state index >= 15 is 0 Å². The molecule has 0 spiro atoms. The van der Waals surface area contributed by atoms with Crippen LogP contribution in [0.25, 0.3) is 0 Å². The number of amides is 1. The summed E-state index contributed by atoms with van der Waals surface area (Å²) in [4.78, 5) is 34.7. The minimum atomic E-state index is -1.13. The molecule has 9 heteroatoms. The number of rotatable bonds is 7. The number of para-hydroxylation sites is 1. The molecule has 0 saturated carbocycles. The van der Waals surface area contributed by atoms with Crippen molar-refractivity contribution < 1.29 is 24.0 Å². The number of nitrogens with zero attached hydrogens (tertiary/aromatic N) is 1. The zero-order chi connectivity index (χ0) is 22.4. The van der Waals surface area contributed by atoms with Gasteiger partial charge in [-0.05, 0) is 49.4 Å². The predicted molar refractivity (Wildman–Crippen MR) is 115 cm³/mol. The zero-order valence-corrected chi connectivity index (χ0v) is 17.0. The van der Waals surface area contributed by atoms with Gasteiger partial charge in [-0.1, -0.05) is 29.8 Å². The average molecular weight is 441 g/mol. The quantitative estimate of drug-likeness (QED) is 0.306. The lowest BCUT2D eigenvalue weighted by molar-refractivity contribution is -0.384. The number of carbonyl (C=O) groups is 2. The van der Waals surface area contributed by atoms with Gasteiger partial charge in [-0.25, -0.2) is 4.79 Å². The molecule has 0 bridgehead atoms. The number of benzene rings is 3. The van der Waals surface area contributed by atoms with Crippen molar-refractivity contribution in [3.8, 4) is 11.5 Å². The number of hydrogen-bond donors (Lipinski definition) is 1. The van der Waals surface area contributed by atoms with Gasteiger partial charge in [0.2, 0.25) is 0 Å². The molecule has 3 rings (SSSR count). The van der Waals surface area contributed by atoms with Crippen molar-refractivity contribution >= 4 is 34.9 Å². The monoisotopic (exact) mass is 440 g/mol.